The summed E-state index contributed by atoms with van der Waals surface area (Å²) in [6, 6.07) is 0.0996. The molecule has 0 aromatic carbocycles. The maximum atomic E-state index is 12.8. The van der Waals surface area contributed by atoms with E-state index in [9.17, 15) is 30.6 Å². The maximum absolute atomic E-state index is 12.8. The Balaban J connectivity index is 0.000000286. The largest absolute Gasteiger partial charge is 0.490 e. The summed E-state index contributed by atoms with van der Waals surface area (Å²) >= 11 is 0. The van der Waals surface area contributed by atoms with Crippen LogP contribution in [0.2, 0.25) is 0 Å². The van der Waals surface area contributed by atoms with Crippen molar-refractivity contribution in [2.75, 3.05) is 13.1 Å². The van der Waals surface area contributed by atoms with Gasteiger partial charge in [-0.25, -0.2) is 18.5 Å². The Labute approximate surface area is 210 Å². The van der Waals surface area contributed by atoms with E-state index in [2.05, 4.69) is 14.7 Å². The normalized spacial score (nSPS) is 21.2. The van der Waals surface area contributed by atoms with E-state index >= 15 is 0 Å². The number of rotatable bonds is 2. The van der Waals surface area contributed by atoms with E-state index in [0.29, 0.717) is 13.2 Å². The Kier molecular flexibility index (Phi) is 9.42. The van der Waals surface area contributed by atoms with Gasteiger partial charge in [0.25, 0.3) is 0 Å². The average molecular weight is 567 g/mol. The molecule has 1 aromatic heterocycles. The van der Waals surface area contributed by atoms with Gasteiger partial charge < -0.3 is 20.3 Å². The lowest BCUT2D eigenvalue weighted by molar-refractivity contribution is -0.193. The second kappa shape index (κ2) is 11.2. The van der Waals surface area contributed by atoms with Gasteiger partial charge in [0, 0.05) is 17.5 Å². The van der Waals surface area contributed by atoms with Crippen molar-refractivity contribution < 1.29 is 55.1 Å². The number of carboxylic acid groups (broad SMARTS) is 2. The highest BCUT2D eigenvalue weighted by Crippen LogP contribution is 2.50. The minimum absolute atomic E-state index is 0.0996. The monoisotopic (exact) mass is 566 g/mol. The van der Waals surface area contributed by atoms with E-state index in [1.807, 2.05) is 20.8 Å². The van der Waals surface area contributed by atoms with Gasteiger partial charge in [-0.1, -0.05) is 0 Å². The lowest BCUT2D eigenvalue weighted by atomic mass is 9.73. The van der Waals surface area contributed by atoms with Crippen LogP contribution in [0.4, 0.5) is 26.3 Å². The van der Waals surface area contributed by atoms with Gasteiger partial charge in [-0.15, -0.1) is 0 Å². The number of nitrogens with zero attached hydrogens (tertiary/aromatic N) is 2. The summed E-state index contributed by atoms with van der Waals surface area (Å²) in [5, 5.41) is 22.5. The Morgan fingerprint density at radius 1 is 1.05 bits per heavy atom. The molecule has 3 aliphatic heterocycles. The summed E-state index contributed by atoms with van der Waals surface area (Å²) in [4.78, 5) is 17.8. The van der Waals surface area contributed by atoms with Crippen molar-refractivity contribution in [3.05, 3.63) is 17.0 Å². The summed E-state index contributed by atoms with van der Waals surface area (Å²) in [7, 11) is -1.10. The second-order valence-corrected chi connectivity index (χ2v) is 11.6. The minimum Gasteiger partial charge on any atom is -0.475 e. The summed E-state index contributed by atoms with van der Waals surface area (Å²) in [5.74, 6) is -5.51. The van der Waals surface area contributed by atoms with Crippen LogP contribution in [0.3, 0.4) is 0 Å². The van der Waals surface area contributed by atoms with Crippen molar-refractivity contribution in [3.63, 3.8) is 0 Å². The van der Waals surface area contributed by atoms with Crippen LogP contribution in [0.25, 0.3) is 0 Å². The first-order chi connectivity index (χ1) is 16.8. The van der Waals surface area contributed by atoms with Crippen LogP contribution in [0.1, 0.15) is 56.6 Å². The molecule has 212 valence electrons. The SMILES string of the molecule is CC(C)(C)[S@@](=O)N[C@@H]1c2c3c(nn2CC12CCNCC2)COC3.O=C(O)C(F)(F)F.O=C(O)C(F)(F)F. The molecule has 0 radical (unpaired) electrons. The highest BCUT2D eigenvalue weighted by Gasteiger charge is 2.51. The van der Waals surface area contributed by atoms with Crippen LogP contribution in [0, 0.1) is 5.41 Å². The Morgan fingerprint density at radius 3 is 1.97 bits per heavy atom. The standard InChI is InChI=1S/C16H26N4O2S.2C2HF3O2/c1-15(2,3)23(21)19-14-13-11-8-22-9-12(11)18-20(13)10-16(14)4-6-17-7-5-16;2*3-2(4,5)1(6)7/h14,17,19H,4-10H2,1-3H3;2*(H,6,7)/t14-,23-;;/m1../s1. The number of nitrogens with one attached hydrogen (secondary N) is 2. The molecule has 37 heavy (non-hydrogen) atoms. The Bertz CT molecular complexity index is 991. The molecule has 1 aromatic rings. The van der Waals surface area contributed by atoms with Crippen LogP contribution >= 0.6 is 0 Å². The zero-order valence-corrected chi connectivity index (χ0v) is 20.9. The quantitative estimate of drug-likeness (QED) is 0.401. The topological polar surface area (TPSA) is 143 Å². The minimum atomic E-state index is -5.08. The fourth-order valence-electron chi connectivity index (χ4n) is 4.05. The van der Waals surface area contributed by atoms with Crippen molar-refractivity contribution in [1.82, 2.24) is 19.8 Å². The summed E-state index contributed by atoms with van der Waals surface area (Å²) < 4.78 is 87.2. The molecular formula is C20H28F6N4O6S. The molecule has 0 amide bonds. The molecule has 1 spiro atoms. The third-order valence-corrected chi connectivity index (χ3v) is 7.44. The maximum Gasteiger partial charge on any atom is 0.490 e. The van der Waals surface area contributed by atoms with E-state index < -0.39 is 35.3 Å². The molecule has 4 N–H and O–H groups in total. The molecule has 0 aliphatic carbocycles. The number of hydrogen-bond acceptors (Lipinski definition) is 6. The molecule has 1 fully saturated rings. The highest BCUT2D eigenvalue weighted by molar-refractivity contribution is 7.84. The molecule has 4 heterocycles. The average Bonchev–Trinajstić information content (AvgIpc) is 3.39. The predicted octanol–water partition coefficient (Wildman–Crippen LogP) is 2.66. The molecule has 4 rings (SSSR count). The summed E-state index contributed by atoms with van der Waals surface area (Å²) in [5.41, 5.74) is 3.63. The Morgan fingerprint density at radius 2 is 1.54 bits per heavy atom. The highest BCUT2D eigenvalue weighted by atomic mass is 32.2. The number of aliphatic carboxylic acids is 2. The van der Waals surface area contributed by atoms with Crippen LogP contribution in [0.5, 0.6) is 0 Å². The molecule has 0 bridgehead atoms. The molecule has 3 aliphatic rings. The molecule has 0 unspecified atom stereocenters. The van der Waals surface area contributed by atoms with E-state index in [-0.39, 0.29) is 16.2 Å². The lowest BCUT2D eigenvalue weighted by Crippen LogP contribution is -2.46. The van der Waals surface area contributed by atoms with Crippen LogP contribution < -0.4 is 10.0 Å². The third-order valence-electron chi connectivity index (χ3n) is 5.88. The van der Waals surface area contributed by atoms with Crippen molar-refractivity contribution in [2.24, 2.45) is 5.41 Å². The molecule has 0 saturated carbocycles. The number of carboxylic acids is 2. The fourth-order valence-corrected chi connectivity index (χ4v) is 4.98. The van der Waals surface area contributed by atoms with Crippen molar-refractivity contribution in [3.8, 4) is 0 Å². The van der Waals surface area contributed by atoms with Crippen molar-refractivity contribution in [2.45, 2.75) is 76.5 Å². The van der Waals surface area contributed by atoms with Crippen LogP contribution in [-0.2, 0) is 45.1 Å². The first-order valence-corrected chi connectivity index (χ1v) is 12.1. The first kappa shape index (κ1) is 31.0. The smallest absolute Gasteiger partial charge is 0.475 e. The van der Waals surface area contributed by atoms with Gasteiger partial charge in [-0.05, 0) is 46.7 Å². The fraction of sp³-hybridized carbons (Fsp3) is 0.750. The van der Waals surface area contributed by atoms with Gasteiger partial charge in [-0.3, -0.25) is 4.68 Å². The van der Waals surface area contributed by atoms with Crippen LogP contribution in [-0.4, -0.2) is 66.3 Å². The summed E-state index contributed by atoms with van der Waals surface area (Å²) in [6.45, 7) is 10.3. The molecule has 10 nitrogen and oxygen atoms in total. The van der Waals surface area contributed by atoms with Gasteiger partial charge >= 0.3 is 24.3 Å². The number of ether oxygens (including phenoxy) is 1. The number of fused-ring (bicyclic) bond motifs is 3. The predicted molar refractivity (Wildman–Crippen MR) is 116 cm³/mol. The van der Waals surface area contributed by atoms with Gasteiger partial charge in [0.2, 0.25) is 0 Å². The Hall–Kier alpha value is -2.24. The molecule has 1 saturated heterocycles. The van der Waals surface area contributed by atoms with Crippen molar-refractivity contribution >= 4 is 22.9 Å². The molecular weight excluding hydrogens is 538 g/mol. The van der Waals surface area contributed by atoms with E-state index in [1.54, 1.807) is 0 Å². The van der Waals surface area contributed by atoms with Gasteiger partial charge in [-0.2, -0.15) is 31.4 Å². The molecule has 2 atom stereocenters. The third kappa shape index (κ3) is 7.64. The van der Waals surface area contributed by atoms with Gasteiger partial charge in [0.1, 0.15) is 0 Å². The zero-order valence-electron chi connectivity index (χ0n) is 20.1. The van der Waals surface area contributed by atoms with Crippen LogP contribution in [0.15, 0.2) is 0 Å². The number of carbonyl (C=O) groups is 2. The molecule has 17 heteroatoms. The van der Waals surface area contributed by atoms with E-state index in [0.717, 1.165) is 38.2 Å². The van der Waals surface area contributed by atoms with E-state index in [4.69, 9.17) is 29.6 Å². The number of piperidine rings is 1. The zero-order chi connectivity index (χ0) is 28.4. The number of alkyl halides is 6. The number of halogens is 6. The summed E-state index contributed by atoms with van der Waals surface area (Å²) in [6.07, 6.45) is -7.99. The number of aromatic nitrogens is 2. The van der Waals surface area contributed by atoms with Gasteiger partial charge in [0.15, 0.2) is 0 Å². The lowest BCUT2D eigenvalue weighted by Gasteiger charge is -2.39. The van der Waals surface area contributed by atoms with Gasteiger partial charge in [0.05, 0.1) is 46.4 Å². The van der Waals surface area contributed by atoms with E-state index in [1.165, 1.54) is 11.3 Å². The number of hydrogen-bond donors (Lipinski definition) is 4. The first-order valence-electron chi connectivity index (χ1n) is 10.9. The van der Waals surface area contributed by atoms with Crippen molar-refractivity contribution in [1.29, 1.82) is 0 Å². The second-order valence-electron chi connectivity index (χ2n) is 9.61.